The lowest BCUT2D eigenvalue weighted by Gasteiger charge is -2.20. The molecule has 1 heterocycles. The van der Waals surface area contributed by atoms with Crippen molar-refractivity contribution in [3.63, 3.8) is 0 Å². The summed E-state index contributed by atoms with van der Waals surface area (Å²) in [5.74, 6) is 0.725. The van der Waals surface area contributed by atoms with E-state index in [4.69, 9.17) is 9.15 Å². The third-order valence-corrected chi connectivity index (χ3v) is 3.25. The van der Waals surface area contributed by atoms with E-state index in [1.165, 1.54) is 6.07 Å². The molecule has 0 bridgehead atoms. The first-order chi connectivity index (χ1) is 10.7. The fraction of sp³-hybridized carbons (Fsp3) is 0.444. The number of benzene rings is 1. The van der Waals surface area contributed by atoms with Crippen molar-refractivity contribution in [2.24, 2.45) is 0 Å². The van der Waals surface area contributed by atoms with Gasteiger partial charge < -0.3 is 14.5 Å². The molecule has 5 nitrogen and oxygen atoms in total. The zero-order valence-electron chi connectivity index (χ0n) is 14.1. The van der Waals surface area contributed by atoms with Crippen LogP contribution in [0.15, 0.2) is 33.5 Å². The second-order valence-corrected chi connectivity index (χ2v) is 6.66. The minimum atomic E-state index is -0.353. The first-order valence-electron chi connectivity index (χ1n) is 7.73. The molecule has 0 aliphatic rings. The summed E-state index contributed by atoms with van der Waals surface area (Å²) in [6.45, 7) is 8.18. The lowest BCUT2D eigenvalue weighted by molar-refractivity contribution is -0.122. The highest BCUT2D eigenvalue weighted by atomic mass is 16.5. The van der Waals surface area contributed by atoms with Gasteiger partial charge >= 0.3 is 5.63 Å². The molecule has 23 heavy (non-hydrogen) atoms. The minimum Gasteiger partial charge on any atom is -0.494 e. The van der Waals surface area contributed by atoms with Crippen LogP contribution in [-0.2, 0) is 4.79 Å². The van der Waals surface area contributed by atoms with Crippen LogP contribution < -0.4 is 15.7 Å². The highest BCUT2D eigenvalue weighted by Crippen LogP contribution is 2.22. The summed E-state index contributed by atoms with van der Waals surface area (Å²) in [6.07, 6.45) is 1.07. The number of hydrogen-bond acceptors (Lipinski definition) is 4. The highest BCUT2D eigenvalue weighted by molar-refractivity contribution is 5.81. The Morgan fingerprint density at radius 3 is 2.70 bits per heavy atom. The Bertz CT molecular complexity index is 756. The van der Waals surface area contributed by atoms with E-state index in [2.05, 4.69) is 5.32 Å². The molecule has 1 N–H and O–H groups in total. The van der Waals surface area contributed by atoms with Crippen LogP contribution in [0, 0.1) is 6.92 Å². The van der Waals surface area contributed by atoms with E-state index in [1.807, 2.05) is 33.8 Å². The van der Waals surface area contributed by atoms with Crippen molar-refractivity contribution >= 4 is 16.9 Å². The van der Waals surface area contributed by atoms with Gasteiger partial charge in [-0.05, 0) is 57.9 Å². The molecule has 0 radical (unpaired) electrons. The fourth-order valence-corrected chi connectivity index (χ4v) is 2.29. The second-order valence-electron chi connectivity index (χ2n) is 6.66. The predicted octanol–water partition coefficient (Wildman–Crippen LogP) is 3.18. The van der Waals surface area contributed by atoms with Crippen molar-refractivity contribution in [2.45, 2.75) is 46.1 Å². The van der Waals surface area contributed by atoms with Crippen molar-refractivity contribution < 1.29 is 13.9 Å². The number of nitrogens with one attached hydrogen (secondary N) is 1. The Labute approximate surface area is 135 Å². The van der Waals surface area contributed by atoms with Gasteiger partial charge in [0.15, 0.2) is 0 Å². The standard InChI is InChI=1S/C18H23NO4/c1-12-10-17(21)23-15-8-7-13(11-14(12)15)22-9-5-6-16(20)19-18(2,3)4/h7-8,10-11H,5-6,9H2,1-4H3,(H,19,20). The maximum absolute atomic E-state index is 11.7. The topological polar surface area (TPSA) is 68.5 Å². The lowest BCUT2D eigenvalue weighted by Crippen LogP contribution is -2.40. The molecule has 2 aromatic rings. The smallest absolute Gasteiger partial charge is 0.336 e. The van der Waals surface area contributed by atoms with E-state index in [0.717, 1.165) is 10.9 Å². The normalized spacial score (nSPS) is 11.5. The van der Waals surface area contributed by atoms with Crippen LogP contribution in [0.4, 0.5) is 0 Å². The predicted molar refractivity (Wildman–Crippen MR) is 89.8 cm³/mol. The third-order valence-electron chi connectivity index (χ3n) is 3.25. The molecule has 0 saturated heterocycles. The number of hydrogen-bond donors (Lipinski definition) is 1. The zero-order valence-corrected chi connectivity index (χ0v) is 14.1. The Balaban J connectivity index is 1.90. The van der Waals surface area contributed by atoms with Crippen LogP contribution in [0.1, 0.15) is 39.2 Å². The molecule has 0 atom stereocenters. The molecule has 1 amide bonds. The van der Waals surface area contributed by atoms with Gasteiger partial charge in [0.2, 0.25) is 5.91 Å². The van der Waals surface area contributed by atoms with Crippen LogP contribution in [0.5, 0.6) is 5.75 Å². The Hall–Kier alpha value is -2.30. The molecule has 1 aromatic carbocycles. The molecular weight excluding hydrogens is 294 g/mol. The van der Waals surface area contributed by atoms with Gasteiger partial charge in [0.1, 0.15) is 11.3 Å². The van der Waals surface area contributed by atoms with E-state index >= 15 is 0 Å². The average molecular weight is 317 g/mol. The Morgan fingerprint density at radius 1 is 1.26 bits per heavy atom. The molecular formula is C18H23NO4. The van der Waals surface area contributed by atoms with Gasteiger partial charge in [-0.15, -0.1) is 0 Å². The van der Waals surface area contributed by atoms with Crippen LogP contribution in [0.3, 0.4) is 0 Å². The molecule has 1 aromatic heterocycles. The summed E-state index contributed by atoms with van der Waals surface area (Å²) in [4.78, 5) is 23.0. The van der Waals surface area contributed by atoms with Crippen molar-refractivity contribution in [3.05, 3.63) is 40.2 Å². The summed E-state index contributed by atoms with van der Waals surface area (Å²) in [7, 11) is 0. The third kappa shape index (κ3) is 5.13. The molecule has 5 heteroatoms. The number of ether oxygens (including phenoxy) is 1. The van der Waals surface area contributed by atoms with Crippen molar-refractivity contribution in [1.82, 2.24) is 5.32 Å². The number of carbonyl (C=O) groups is 1. The summed E-state index contributed by atoms with van der Waals surface area (Å²) < 4.78 is 10.8. The first kappa shape index (κ1) is 17.1. The number of rotatable bonds is 5. The van der Waals surface area contributed by atoms with Crippen LogP contribution in [0.25, 0.3) is 11.0 Å². The van der Waals surface area contributed by atoms with Gasteiger partial charge in [-0.1, -0.05) is 0 Å². The van der Waals surface area contributed by atoms with Gasteiger partial charge in [0.25, 0.3) is 0 Å². The minimum absolute atomic E-state index is 0.0252. The summed E-state index contributed by atoms with van der Waals surface area (Å²) >= 11 is 0. The molecule has 0 aliphatic heterocycles. The van der Waals surface area contributed by atoms with Crippen LogP contribution in [0.2, 0.25) is 0 Å². The van der Waals surface area contributed by atoms with Gasteiger partial charge in [0, 0.05) is 23.4 Å². The average Bonchev–Trinajstić information content (AvgIpc) is 2.42. The van der Waals surface area contributed by atoms with E-state index < -0.39 is 0 Å². The Morgan fingerprint density at radius 2 is 2.00 bits per heavy atom. The first-order valence-corrected chi connectivity index (χ1v) is 7.73. The molecule has 0 spiro atoms. The number of carbonyl (C=O) groups excluding carboxylic acids is 1. The summed E-state index contributed by atoms with van der Waals surface area (Å²) in [5, 5.41) is 3.77. The monoisotopic (exact) mass is 317 g/mol. The van der Waals surface area contributed by atoms with Crippen LogP contribution >= 0.6 is 0 Å². The number of aryl methyl sites for hydroxylation is 1. The largest absolute Gasteiger partial charge is 0.494 e. The van der Waals surface area contributed by atoms with Gasteiger partial charge in [-0.25, -0.2) is 4.79 Å². The number of amides is 1. The molecule has 0 saturated carbocycles. The van der Waals surface area contributed by atoms with E-state index in [1.54, 1.807) is 12.1 Å². The van der Waals surface area contributed by atoms with Gasteiger partial charge in [-0.2, -0.15) is 0 Å². The van der Waals surface area contributed by atoms with Gasteiger partial charge in [-0.3, -0.25) is 4.79 Å². The molecule has 2 rings (SSSR count). The van der Waals surface area contributed by atoms with E-state index in [9.17, 15) is 9.59 Å². The number of fused-ring (bicyclic) bond motifs is 1. The van der Waals surface area contributed by atoms with Crippen LogP contribution in [-0.4, -0.2) is 18.1 Å². The summed E-state index contributed by atoms with van der Waals surface area (Å²) in [6, 6.07) is 6.80. The molecule has 124 valence electrons. The Kier molecular flexibility index (Phi) is 5.08. The van der Waals surface area contributed by atoms with Crippen molar-refractivity contribution in [3.8, 4) is 5.75 Å². The van der Waals surface area contributed by atoms with E-state index in [0.29, 0.717) is 30.8 Å². The van der Waals surface area contributed by atoms with Gasteiger partial charge in [0.05, 0.1) is 6.61 Å². The lowest BCUT2D eigenvalue weighted by atomic mass is 10.1. The molecule has 0 aliphatic carbocycles. The molecule has 0 unspecified atom stereocenters. The molecule has 0 fully saturated rings. The maximum Gasteiger partial charge on any atom is 0.336 e. The SMILES string of the molecule is Cc1cc(=O)oc2ccc(OCCCC(=O)NC(C)(C)C)cc12. The quantitative estimate of drug-likeness (QED) is 0.679. The zero-order chi connectivity index (χ0) is 17.0. The maximum atomic E-state index is 11.7. The van der Waals surface area contributed by atoms with E-state index in [-0.39, 0.29) is 17.1 Å². The second kappa shape index (κ2) is 6.86. The van der Waals surface area contributed by atoms with Crippen molar-refractivity contribution in [2.75, 3.05) is 6.61 Å². The summed E-state index contributed by atoms with van der Waals surface area (Å²) in [5.41, 5.74) is 0.837. The highest BCUT2D eigenvalue weighted by Gasteiger charge is 2.13. The van der Waals surface area contributed by atoms with Crippen molar-refractivity contribution in [1.29, 1.82) is 0 Å². The fourth-order valence-electron chi connectivity index (χ4n) is 2.29.